The van der Waals surface area contributed by atoms with Gasteiger partial charge in [0, 0.05) is 17.8 Å². The molecule has 0 aliphatic carbocycles. The molecule has 3 aromatic rings. The minimum absolute atomic E-state index is 0.0451. The fourth-order valence-corrected chi connectivity index (χ4v) is 4.67. The van der Waals surface area contributed by atoms with Crippen molar-refractivity contribution < 1.29 is 9.72 Å². The van der Waals surface area contributed by atoms with Crippen LogP contribution in [-0.4, -0.2) is 21.6 Å². The molecule has 0 spiro atoms. The van der Waals surface area contributed by atoms with Gasteiger partial charge in [0.1, 0.15) is 0 Å². The van der Waals surface area contributed by atoms with Gasteiger partial charge in [-0.2, -0.15) is 0 Å². The number of rotatable bonds is 7. The second kappa shape index (κ2) is 8.49. The van der Waals surface area contributed by atoms with Crippen LogP contribution in [-0.2, 0) is 17.6 Å². The Hall–Kier alpha value is -2.45. The van der Waals surface area contributed by atoms with Gasteiger partial charge in [-0.1, -0.05) is 43.8 Å². The lowest BCUT2D eigenvalue weighted by Gasteiger charge is -2.14. The second-order valence-corrected chi connectivity index (χ2v) is 8.14. The van der Waals surface area contributed by atoms with Crippen LogP contribution < -0.4 is 5.32 Å². The summed E-state index contributed by atoms with van der Waals surface area (Å²) in [7, 11) is 0. The molecular formula is C19H19N3O3S2. The Morgan fingerprint density at radius 2 is 1.93 bits per heavy atom. The zero-order valence-corrected chi connectivity index (χ0v) is 16.7. The van der Waals surface area contributed by atoms with Crippen molar-refractivity contribution in [3.63, 3.8) is 0 Å². The van der Waals surface area contributed by atoms with Crippen LogP contribution in [0.4, 0.5) is 11.4 Å². The van der Waals surface area contributed by atoms with E-state index in [4.69, 9.17) is 0 Å². The molecule has 27 heavy (non-hydrogen) atoms. The van der Waals surface area contributed by atoms with E-state index < -0.39 is 4.92 Å². The van der Waals surface area contributed by atoms with Crippen LogP contribution in [0.25, 0.3) is 10.2 Å². The van der Waals surface area contributed by atoms with E-state index in [0.29, 0.717) is 5.52 Å². The van der Waals surface area contributed by atoms with Gasteiger partial charge < -0.3 is 5.32 Å². The zero-order valence-electron chi connectivity index (χ0n) is 15.0. The highest BCUT2D eigenvalue weighted by atomic mass is 32.2. The first-order valence-corrected chi connectivity index (χ1v) is 10.4. The maximum atomic E-state index is 12.4. The molecule has 0 unspecified atom stereocenters. The van der Waals surface area contributed by atoms with Crippen molar-refractivity contribution in [1.29, 1.82) is 0 Å². The number of nitrogens with zero attached hydrogens (tertiary/aromatic N) is 2. The van der Waals surface area contributed by atoms with Crippen LogP contribution in [0.5, 0.6) is 0 Å². The number of benzene rings is 2. The Kier molecular flexibility index (Phi) is 6.08. The first kappa shape index (κ1) is 19.3. The van der Waals surface area contributed by atoms with E-state index in [1.54, 1.807) is 6.07 Å². The fourth-order valence-electron chi connectivity index (χ4n) is 2.77. The number of thiazole rings is 1. The van der Waals surface area contributed by atoms with E-state index in [2.05, 4.69) is 24.1 Å². The number of hydrogen-bond donors (Lipinski definition) is 1. The van der Waals surface area contributed by atoms with E-state index in [-0.39, 0.29) is 17.3 Å². The van der Waals surface area contributed by atoms with Crippen LogP contribution in [0.1, 0.15) is 25.0 Å². The average molecular weight is 402 g/mol. The quantitative estimate of drug-likeness (QED) is 0.340. The molecule has 1 amide bonds. The van der Waals surface area contributed by atoms with Crippen molar-refractivity contribution in [2.24, 2.45) is 0 Å². The maximum Gasteiger partial charge on any atom is 0.270 e. The van der Waals surface area contributed by atoms with Crippen molar-refractivity contribution in [2.45, 2.75) is 31.0 Å². The van der Waals surface area contributed by atoms with Crippen LogP contribution in [0.15, 0.2) is 40.7 Å². The lowest BCUT2D eigenvalue weighted by Crippen LogP contribution is -2.16. The van der Waals surface area contributed by atoms with Gasteiger partial charge in [-0.3, -0.25) is 14.9 Å². The van der Waals surface area contributed by atoms with Crippen LogP contribution in [0.2, 0.25) is 0 Å². The normalized spacial score (nSPS) is 10.9. The number of thioether (sulfide) groups is 1. The lowest BCUT2D eigenvalue weighted by molar-refractivity contribution is -0.384. The third-order valence-corrected chi connectivity index (χ3v) is 6.31. The van der Waals surface area contributed by atoms with E-state index in [9.17, 15) is 14.9 Å². The molecule has 0 bridgehead atoms. The number of nitrogens with one attached hydrogen (secondary N) is 1. The van der Waals surface area contributed by atoms with Gasteiger partial charge in [0.2, 0.25) is 5.91 Å². The summed E-state index contributed by atoms with van der Waals surface area (Å²) < 4.78 is 1.47. The summed E-state index contributed by atoms with van der Waals surface area (Å²) in [6.07, 6.45) is 1.71. The Morgan fingerprint density at radius 3 is 2.56 bits per heavy atom. The summed E-state index contributed by atoms with van der Waals surface area (Å²) >= 11 is 2.70. The first-order chi connectivity index (χ1) is 13.0. The van der Waals surface area contributed by atoms with Crippen molar-refractivity contribution in [3.8, 4) is 0 Å². The number of para-hydroxylation sites is 1. The molecule has 0 aliphatic rings. The minimum atomic E-state index is -0.421. The number of fused-ring (bicyclic) bond motifs is 1. The molecule has 0 aliphatic heterocycles. The highest BCUT2D eigenvalue weighted by Crippen LogP contribution is 2.32. The molecule has 1 aromatic heterocycles. The summed E-state index contributed by atoms with van der Waals surface area (Å²) in [6.45, 7) is 4.14. The zero-order chi connectivity index (χ0) is 19.4. The first-order valence-electron chi connectivity index (χ1n) is 8.60. The largest absolute Gasteiger partial charge is 0.325 e. The minimum Gasteiger partial charge on any atom is -0.325 e. The third kappa shape index (κ3) is 4.45. The van der Waals surface area contributed by atoms with E-state index in [1.165, 1.54) is 35.2 Å². The number of anilines is 1. The molecule has 0 saturated heterocycles. The number of non-ortho nitro benzene ring substituents is 1. The predicted octanol–water partition coefficient (Wildman–Crippen LogP) is 5.06. The average Bonchev–Trinajstić information content (AvgIpc) is 3.08. The second-order valence-electron chi connectivity index (χ2n) is 5.88. The number of hydrogen-bond acceptors (Lipinski definition) is 6. The Morgan fingerprint density at radius 1 is 1.22 bits per heavy atom. The number of carbonyl (C=O) groups is 1. The van der Waals surface area contributed by atoms with Crippen molar-refractivity contribution in [1.82, 2.24) is 4.98 Å². The summed E-state index contributed by atoms with van der Waals surface area (Å²) in [5.41, 5.74) is 3.91. The van der Waals surface area contributed by atoms with E-state index >= 15 is 0 Å². The number of nitro groups is 1. The van der Waals surface area contributed by atoms with Crippen molar-refractivity contribution in [3.05, 3.63) is 57.6 Å². The number of nitro benzene ring substituents is 1. The Bertz CT molecular complexity index is 979. The summed E-state index contributed by atoms with van der Waals surface area (Å²) in [6, 6.07) is 10.7. The topological polar surface area (TPSA) is 85.1 Å². The van der Waals surface area contributed by atoms with Gasteiger partial charge in [-0.15, -0.1) is 11.3 Å². The molecule has 0 fully saturated rings. The van der Waals surface area contributed by atoms with Gasteiger partial charge in [0.15, 0.2) is 4.34 Å². The number of aryl methyl sites for hydroxylation is 2. The number of carbonyl (C=O) groups excluding carboxylic acids is 1. The van der Waals surface area contributed by atoms with Crippen molar-refractivity contribution >= 4 is 50.6 Å². The SMILES string of the molecule is CCc1cccc(CC)c1NC(=O)CSc1nc2ccc([N+](=O)[O-])cc2s1. The standard InChI is InChI=1S/C19H19N3O3S2/c1-3-12-6-5-7-13(4-2)18(12)21-17(23)11-26-19-20-15-9-8-14(22(24)25)10-16(15)27-19/h5-10H,3-4,11H2,1-2H3,(H,21,23). The molecule has 140 valence electrons. The molecule has 2 aromatic carbocycles. The summed E-state index contributed by atoms with van der Waals surface area (Å²) in [4.78, 5) is 27.3. The van der Waals surface area contributed by atoms with E-state index in [1.807, 2.05) is 18.2 Å². The molecule has 0 atom stereocenters. The van der Waals surface area contributed by atoms with Gasteiger partial charge in [0.05, 0.1) is 20.9 Å². The van der Waals surface area contributed by atoms with Gasteiger partial charge in [0.25, 0.3) is 5.69 Å². The van der Waals surface area contributed by atoms with Crippen LogP contribution in [0, 0.1) is 10.1 Å². The maximum absolute atomic E-state index is 12.4. The molecule has 0 radical (unpaired) electrons. The van der Waals surface area contributed by atoms with Gasteiger partial charge in [-0.05, 0) is 30.0 Å². The molecule has 1 heterocycles. The predicted molar refractivity (Wildman–Crippen MR) is 111 cm³/mol. The van der Waals surface area contributed by atoms with Crippen LogP contribution in [0.3, 0.4) is 0 Å². The highest BCUT2D eigenvalue weighted by molar-refractivity contribution is 8.01. The van der Waals surface area contributed by atoms with Crippen molar-refractivity contribution in [2.75, 3.05) is 11.1 Å². The van der Waals surface area contributed by atoms with Crippen LogP contribution >= 0.6 is 23.1 Å². The molecular weight excluding hydrogens is 382 g/mol. The Balaban J connectivity index is 1.69. The van der Waals surface area contributed by atoms with Gasteiger partial charge in [-0.25, -0.2) is 4.98 Å². The number of aromatic nitrogens is 1. The van der Waals surface area contributed by atoms with Gasteiger partial charge >= 0.3 is 0 Å². The molecule has 8 heteroatoms. The smallest absolute Gasteiger partial charge is 0.270 e. The molecule has 0 saturated carbocycles. The monoisotopic (exact) mass is 401 g/mol. The summed E-state index contributed by atoms with van der Waals surface area (Å²) in [5.74, 6) is 0.157. The summed E-state index contributed by atoms with van der Waals surface area (Å²) in [5, 5.41) is 13.9. The number of amides is 1. The molecule has 1 N–H and O–H groups in total. The Labute approximate surface area is 165 Å². The third-order valence-electron chi connectivity index (χ3n) is 4.15. The fraction of sp³-hybridized carbons (Fsp3) is 0.263. The van der Waals surface area contributed by atoms with E-state index in [0.717, 1.165) is 38.7 Å². The highest BCUT2D eigenvalue weighted by Gasteiger charge is 2.13. The lowest BCUT2D eigenvalue weighted by atomic mass is 10.0. The molecule has 6 nitrogen and oxygen atoms in total. The molecule has 3 rings (SSSR count).